The van der Waals surface area contributed by atoms with Gasteiger partial charge in [-0.15, -0.1) is 0 Å². The van der Waals surface area contributed by atoms with Crippen molar-refractivity contribution in [3.05, 3.63) is 12.2 Å². The standard InChI is InChI=1S/C7H14O.C7H12/c1-8-6-7-4-2-3-5-7;1-2-7-5-3-4-6-7/h7H,2-6H2,1H3;3-4,7H,2,5-6H2,1H3. The van der Waals surface area contributed by atoms with Crippen LogP contribution in [0, 0.1) is 11.8 Å². The summed E-state index contributed by atoms with van der Waals surface area (Å²) in [6.45, 7) is 3.25. The van der Waals surface area contributed by atoms with Crippen LogP contribution < -0.4 is 0 Å². The minimum atomic E-state index is 0.889. The maximum absolute atomic E-state index is 5.03. The predicted molar refractivity (Wildman–Crippen MR) is 66.0 cm³/mol. The van der Waals surface area contributed by atoms with Crippen LogP contribution >= 0.6 is 0 Å². The lowest BCUT2D eigenvalue weighted by Crippen LogP contribution is -2.01. The van der Waals surface area contributed by atoms with E-state index in [2.05, 4.69) is 19.1 Å². The zero-order valence-corrected chi connectivity index (χ0v) is 10.4. The van der Waals surface area contributed by atoms with E-state index in [1.54, 1.807) is 7.11 Å². The Morgan fingerprint density at radius 1 is 1.07 bits per heavy atom. The fourth-order valence-corrected chi connectivity index (χ4v) is 2.42. The van der Waals surface area contributed by atoms with E-state index in [4.69, 9.17) is 4.74 Å². The highest BCUT2D eigenvalue weighted by molar-refractivity contribution is 4.93. The van der Waals surface area contributed by atoms with E-state index in [-0.39, 0.29) is 0 Å². The monoisotopic (exact) mass is 210 g/mol. The molecule has 0 aromatic heterocycles. The zero-order chi connectivity index (χ0) is 10.9. The molecule has 1 nitrogen and oxygen atoms in total. The molecule has 2 aliphatic rings. The van der Waals surface area contributed by atoms with Crippen molar-refractivity contribution in [2.45, 2.75) is 51.9 Å². The van der Waals surface area contributed by atoms with Crippen molar-refractivity contribution in [2.24, 2.45) is 11.8 Å². The Kier molecular flexibility index (Phi) is 6.74. The molecule has 0 aliphatic heterocycles. The molecular formula is C14H26O. The van der Waals surface area contributed by atoms with Gasteiger partial charge in [-0.05, 0) is 37.5 Å². The molecule has 15 heavy (non-hydrogen) atoms. The van der Waals surface area contributed by atoms with E-state index in [9.17, 15) is 0 Å². The van der Waals surface area contributed by atoms with E-state index in [0.717, 1.165) is 18.4 Å². The van der Waals surface area contributed by atoms with Crippen molar-refractivity contribution in [3.63, 3.8) is 0 Å². The first-order valence-corrected chi connectivity index (χ1v) is 6.50. The quantitative estimate of drug-likeness (QED) is 0.635. The summed E-state index contributed by atoms with van der Waals surface area (Å²) in [4.78, 5) is 0. The molecule has 0 unspecified atom stereocenters. The third-order valence-electron chi connectivity index (χ3n) is 3.56. The molecule has 88 valence electrons. The summed E-state index contributed by atoms with van der Waals surface area (Å²) >= 11 is 0. The van der Waals surface area contributed by atoms with Gasteiger partial charge in [-0.3, -0.25) is 0 Å². The van der Waals surface area contributed by atoms with Gasteiger partial charge < -0.3 is 4.74 Å². The summed E-state index contributed by atoms with van der Waals surface area (Å²) in [5.41, 5.74) is 0. The Balaban J connectivity index is 0.000000151. The van der Waals surface area contributed by atoms with Gasteiger partial charge in [0, 0.05) is 13.7 Å². The molecule has 0 atom stereocenters. The molecule has 2 rings (SSSR count). The highest BCUT2D eigenvalue weighted by Gasteiger charge is 2.13. The maximum atomic E-state index is 5.03. The van der Waals surface area contributed by atoms with Crippen LogP contribution in [-0.2, 0) is 4.74 Å². The van der Waals surface area contributed by atoms with E-state index in [0.29, 0.717) is 0 Å². The van der Waals surface area contributed by atoms with Crippen LogP contribution in [0.15, 0.2) is 12.2 Å². The summed E-state index contributed by atoms with van der Waals surface area (Å²) in [5.74, 6) is 1.87. The number of rotatable bonds is 3. The molecule has 0 amide bonds. The van der Waals surface area contributed by atoms with Gasteiger partial charge in [-0.1, -0.05) is 38.3 Å². The second kappa shape index (κ2) is 7.92. The van der Waals surface area contributed by atoms with E-state index >= 15 is 0 Å². The first-order chi connectivity index (χ1) is 7.36. The highest BCUT2D eigenvalue weighted by Crippen LogP contribution is 2.24. The molecule has 1 heteroatoms. The Labute approximate surface area is 94.9 Å². The minimum absolute atomic E-state index is 0.889. The molecule has 0 aromatic carbocycles. The lowest BCUT2D eigenvalue weighted by atomic mass is 10.1. The van der Waals surface area contributed by atoms with Gasteiger partial charge in [-0.2, -0.15) is 0 Å². The first kappa shape index (κ1) is 12.8. The van der Waals surface area contributed by atoms with E-state index < -0.39 is 0 Å². The number of hydrogen-bond donors (Lipinski definition) is 0. The summed E-state index contributed by atoms with van der Waals surface area (Å²) in [6, 6.07) is 0. The first-order valence-electron chi connectivity index (χ1n) is 6.50. The van der Waals surface area contributed by atoms with Gasteiger partial charge in [0.25, 0.3) is 0 Å². The number of allylic oxidation sites excluding steroid dienone is 2. The van der Waals surface area contributed by atoms with Crippen molar-refractivity contribution in [2.75, 3.05) is 13.7 Å². The molecular weight excluding hydrogens is 184 g/mol. The average Bonchev–Trinajstić information content (AvgIpc) is 2.91. The second-order valence-electron chi connectivity index (χ2n) is 4.82. The lowest BCUT2D eigenvalue weighted by Gasteiger charge is -2.04. The van der Waals surface area contributed by atoms with Gasteiger partial charge in [0.05, 0.1) is 0 Å². The van der Waals surface area contributed by atoms with E-state index in [1.165, 1.54) is 44.9 Å². The molecule has 2 aliphatic carbocycles. The third kappa shape index (κ3) is 5.36. The number of ether oxygens (including phenoxy) is 1. The molecule has 0 saturated heterocycles. The number of methoxy groups -OCH3 is 1. The maximum Gasteiger partial charge on any atom is 0.0490 e. The summed E-state index contributed by atoms with van der Waals surface area (Å²) in [7, 11) is 1.79. The predicted octanol–water partition coefficient (Wildman–Crippen LogP) is 4.19. The van der Waals surface area contributed by atoms with Gasteiger partial charge in [0.15, 0.2) is 0 Å². The van der Waals surface area contributed by atoms with Gasteiger partial charge in [-0.25, -0.2) is 0 Å². The molecule has 0 aromatic rings. The smallest absolute Gasteiger partial charge is 0.0490 e. The van der Waals surface area contributed by atoms with Crippen LogP contribution in [0.25, 0.3) is 0 Å². The summed E-state index contributed by atoms with van der Waals surface area (Å²) in [5, 5.41) is 0. The Bertz CT molecular complexity index is 160. The third-order valence-corrected chi connectivity index (χ3v) is 3.56. The van der Waals surface area contributed by atoms with Gasteiger partial charge in [0.1, 0.15) is 0 Å². The normalized spacial score (nSPS) is 21.7. The Hall–Kier alpha value is -0.300. The van der Waals surface area contributed by atoms with E-state index in [1.807, 2.05) is 0 Å². The fraction of sp³-hybridized carbons (Fsp3) is 0.857. The van der Waals surface area contributed by atoms with Crippen LogP contribution in [0.5, 0.6) is 0 Å². The Morgan fingerprint density at radius 3 is 2.07 bits per heavy atom. The highest BCUT2D eigenvalue weighted by atomic mass is 16.5. The Morgan fingerprint density at radius 2 is 1.67 bits per heavy atom. The fourth-order valence-electron chi connectivity index (χ4n) is 2.42. The average molecular weight is 210 g/mol. The van der Waals surface area contributed by atoms with Crippen molar-refractivity contribution in [1.29, 1.82) is 0 Å². The molecule has 0 heterocycles. The van der Waals surface area contributed by atoms with Crippen LogP contribution in [0.4, 0.5) is 0 Å². The molecule has 0 spiro atoms. The SMILES string of the molecule is CCC1CC=CC1.COCC1CCCC1. The topological polar surface area (TPSA) is 9.23 Å². The van der Waals surface area contributed by atoms with Crippen LogP contribution in [0.1, 0.15) is 51.9 Å². The van der Waals surface area contributed by atoms with Crippen LogP contribution in [-0.4, -0.2) is 13.7 Å². The van der Waals surface area contributed by atoms with Crippen molar-refractivity contribution < 1.29 is 4.74 Å². The van der Waals surface area contributed by atoms with Crippen molar-refractivity contribution >= 4 is 0 Å². The van der Waals surface area contributed by atoms with Crippen molar-refractivity contribution in [3.8, 4) is 0 Å². The molecule has 1 saturated carbocycles. The second-order valence-corrected chi connectivity index (χ2v) is 4.82. The summed E-state index contributed by atoms with van der Waals surface area (Å²) < 4.78 is 5.03. The molecule has 1 fully saturated rings. The lowest BCUT2D eigenvalue weighted by molar-refractivity contribution is 0.155. The zero-order valence-electron chi connectivity index (χ0n) is 10.4. The molecule has 0 N–H and O–H groups in total. The van der Waals surface area contributed by atoms with Gasteiger partial charge >= 0.3 is 0 Å². The molecule has 0 radical (unpaired) electrons. The van der Waals surface area contributed by atoms with Gasteiger partial charge in [0.2, 0.25) is 0 Å². The van der Waals surface area contributed by atoms with Crippen LogP contribution in [0.2, 0.25) is 0 Å². The van der Waals surface area contributed by atoms with Crippen molar-refractivity contribution in [1.82, 2.24) is 0 Å². The summed E-state index contributed by atoms with van der Waals surface area (Å²) in [6.07, 6.45) is 14.2. The number of hydrogen-bond acceptors (Lipinski definition) is 1. The molecule has 0 bridgehead atoms. The minimum Gasteiger partial charge on any atom is -0.384 e. The largest absolute Gasteiger partial charge is 0.384 e. The van der Waals surface area contributed by atoms with Crippen LogP contribution in [0.3, 0.4) is 0 Å².